The Kier molecular flexibility index (Phi) is 5.05. The van der Waals surface area contributed by atoms with Gasteiger partial charge in [0.15, 0.2) is 15.6 Å². The zero-order valence-corrected chi connectivity index (χ0v) is 14.3. The minimum absolute atomic E-state index is 0.158. The summed E-state index contributed by atoms with van der Waals surface area (Å²) in [5.74, 6) is -1.09. The third-order valence-electron chi connectivity index (χ3n) is 3.85. The van der Waals surface area contributed by atoms with Gasteiger partial charge >= 0.3 is 0 Å². The Balaban J connectivity index is 1.99. The summed E-state index contributed by atoms with van der Waals surface area (Å²) in [6.07, 6.45) is 1.48. The molecule has 0 spiro atoms. The maximum Gasteiger partial charge on any atom is 0.196 e. The van der Waals surface area contributed by atoms with Crippen molar-refractivity contribution in [1.29, 1.82) is 0 Å². The Morgan fingerprint density at radius 1 is 0.800 bits per heavy atom. The van der Waals surface area contributed by atoms with Crippen molar-refractivity contribution in [3.05, 3.63) is 102 Å². The molecule has 0 unspecified atom stereocenters. The lowest BCUT2D eigenvalue weighted by Crippen LogP contribution is -2.24. The minimum Gasteiger partial charge on any atom is -0.291 e. The molecule has 25 heavy (non-hydrogen) atoms. The summed E-state index contributed by atoms with van der Waals surface area (Å²) < 4.78 is 26.1. The third-order valence-corrected chi connectivity index (χ3v) is 5.77. The topological polar surface area (TPSA) is 64.1 Å². The standard InChI is InChI=1S/C20H17NO3S/c22-19(18-13-7-8-14-21-18)15-25(23,24)20(16-9-3-1-4-10-16)17-11-5-2-6-12-17/h1-14,20H,15H2. The number of pyridine rings is 1. The molecule has 0 radical (unpaired) electrons. The van der Waals surface area contributed by atoms with Crippen molar-refractivity contribution in [1.82, 2.24) is 4.98 Å². The van der Waals surface area contributed by atoms with Crippen LogP contribution in [0, 0.1) is 0 Å². The molecule has 0 saturated carbocycles. The SMILES string of the molecule is O=C(CS(=O)(=O)C(c1ccccc1)c1ccccc1)c1ccccn1. The van der Waals surface area contributed by atoms with Crippen molar-refractivity contribution in [2.24, 2.45) is 0 Å². The van der Waals surface area contributed by atoms with Crippen LogP contribution in [0.3, 0.4) is 0 Å². The van der Waals surface area contributed by atoms with Gasteiger partial charge in [-0.15, -0.1) is 0 Å². The summed E-state index contributed by atoms with van der Waals surface area (Å²) in [6, 6.07) is 22.8. The van der Waals surface area contributed by atoms with Crippen LogP contribution in [0.15, 0.2) is 85.1 Å². The average molecular weight is 351 g/mol. The van der Waals surface area contributed by atoms with Crippen LogP contribution in [0.2, 0.25) is 0 Å². The first-order valence-electron chi connectivity index (χ1n) is 7.83. The lowest BCUT2D eigenvalue weighted by Gasteiger charge is -2.18. The summed E-state index contributed by atoms with van der Waals surface area (Å²) in [6.45, 7) is 0. The zero-order valence-electron chi connectivity index (χ0n) is 13.4. The summed E-state index contributed by atoms with van der Waals surface area (Å²) in [4.78, 5) is 16.3. The van der Waals surface area contributed by atoms with E-state index in [1.807, 2.05) is 12.1 Å². The number of sulfone groups is 1. The highest BCUT2D eigenvalue weighted by molar-refractivity contribution is 7.92. The van der Waals surface area contributed by atoms with E-state index in [2.05, 4.69) is 4.98 Å². The number of benzene rings is 2. The van der Waals surface area contributed by atoms with Crippen molar-refractivity contribution < 1.29 is 13.2 Å². The van der Waals surface area contributed by atoms with Gasteiger partial charge in [0, 0.05) is 6.20 Å². The Labute approximate surface area is 147 Å². The number of hydrogen-bond donors (Lipinski definition) is 0. The van der Waals surface area contributed by atoms with Gasteiger partial charge in [0.05, 0.1) is 0 Å². The molecule has 0 N–H and O–H groups in total. The quantitative estimate of drug-likeness (QED) is 0.638. The molecule has 3 aromatic rings. The highest BCUT2D eigenvalue weighted by Crippen LogP contribution is 2.31. The molecule has 0 saturated heterocycles. The molecule has 5 heteroatoms. The Morgan fingerprint density at radius 2 is 1.32 bits per heavy atom. The fourth-order valence-electron chi connectivity index (χ4n) is 2.73. The van der Waals surface area contributed by atoms with E-state index in [0.29, 0.717) is 11.1 Å². The molecular weight excluding hydrogens is 334 g/mol. The Morgan fingerprint density at radius 3 is 1.80 bits per heavy atom. The number of rotatable bonds is 6. The number of Topliss-reactive ketones (excluding diaryl/α,β-unsaturated/α-hetero) is 1. The van der Waals surface area contributed by atoms with Crippen LogP contribution in [-0.4, -0.2) is 24.9 Å². The van der Waals surface area contributed by atoms with Crippen LogP contribution in [-0.2, 0) is 9.84 Å². The molecule has 3 rings (SSSR count). The smallest absolute Gasteiger partial charge is 0.196 e. The van der Waals surface area contributed by atoms with Crippen molar-refractivity contribution >= 4 is 15.6 Å². The highest BCUT2D eigenvalue weighted by atomic mass is 32.2. The fourth-order valence-corrected chi connectivity index (χ4v) is 4.55. The first kappa shape index (κ1) is 17.0. The number of nitrogens with zero attached hydrogens (tertiary/aromatic N) is 1. The normalized spacial score (nSPS) is 11.4. The number of carbonyl (C=O) groups is 1. The minimum atomic E-state index is -3.77. The summed E-state index contributed by atoms with van der Waals surface area (Å²) in [7, 11) is -3.77. The van der Waals surface area contributed by atoms with Crippen molar-refractivity contribution in [2.75, 3.05) is 5.75 Å². The zero-order chi connectivity index (χ0) is 17.7. The van der Waals surface area contributed by atoms with Gasteiger partial charge in [0.25, 0.3) is 0 Å². The predicted molar refractivity (Wildman–Crippen MR) is 97.1 cm³/mol. The molecular formula is C20H17NO3S. The Hall–Kier alpha value is -2.79. The van der Waals surface area contributed by atoms with Gasteiger partial charge in [-0.1, -0.05) is 66.7 Å². The molecule has 4 nitrogen and oxygen atoms in total. The summed E-state index contributed by atoms with van der Waals surface area (Å²) in [5, 5.41) is -0.887. The summed E-state index contributed by atoms with van der Waals surface area (Å²) in [5.41, 5.74) is 1.44. The lowest BCUT2D eigenvalue weighted by atomic mass is 10.0. The molecule has 126 valence electrons. The van der Waals surface area contributed by atoms with Gasteiger partial charge in [0.1, 0.15) is 16.7 Å². The molecule has 0 aliphatic heterocycles. The van der Waals surface area contributed by atoms with Gasteiger partial charge < -0.3 is 0 Å². The third kappa shape index (κ3) is 4.00. The van der Waals surface area contributed by atoms with Crippen LogP contribution in [0.5, 0.6) is 0 Å². The molecule has 2 aromatic carbocycles. The highest BCUT2D eigenvalue weighted by Gasteiger charge is 2.31. The van der Waals surface area contributed by atoms with Crippen molar-refractivity contribution in [3.63, 3.8) is 0 Å². The van der Waals surface area contributed by atoms with Gasteiger partial charge in [0.2, 0.25) is 0 Å². The van der Waals surface area contributed by atoms with Gasteiger partial charge in [-0.2, -0.15) is 0 Å². The number of hydrogen-bond acceptors (Lipinski definition) is 4. The van der Waals surface area contributed by atoms with Crippen LogP contribution in [0.4, 0.5) is 0 Å². The van der Waals surface area contributed by atoms with E-state index in [9.17, 15) is 13.2 Å². The second-order valence-corrected chi connectivity index (χ2v) is 7.73. The Bertz CT molecular complexity index is 901. The van der Waals surface area contributed by atoms with Gasteiger partial charge in [-0.05, 0) is 23.3 Å². The second-order valence-electron chi connectivity index (χ2n) is 5.65. The van der Waals surface area contributed by atoms with Crippen LogP contribution < -0.4 is 0 Å². The van der Waals surface area contributed by atoms with E-state index in [-0.39, 0.29) is 5.69 Å². The first-order chi connectivity index (χ1) is 12.1. The maximum atomic E-state index is 13.1. The van der Waals surface area contributed by atoms with Crippen LogP contribution in [0.1, 0.15) is 26.9 Å². The molecule has 1 aromatic heterocycles. The van der Waals surface area contributed by atoms with Gasteiger partial charge in [-0.3, -0.25) is 9.78 Å². The predicted octanol–water partition coefficient (Wildman–Crippen LogP) is 3.47. The van der Waals surface area contributed by atoms with E-state index in [4.69, 9.17) is 0 Å². The molecule has 0 amide bonds. The second kappa shape index (κ2) is 7.40. The van der Waals surface area contributed by atoms with E-state index in [1.165, 1.54) is 12.3 Å². The van der Waals surface area contributed by atoms with E-state index >= 15 is 0 Å². The largest absolute Gasteiger partial charge is 0.291 e. The maximum absolute atomic E-state index is 13.1. The first-order valence-corrected chi connectivity index (χ1v) is 9.55. The van der Waals surface area contributed by atoms with E-state index in [1.54, 1.807) is 60.7 Å². The number of aromatic nitrogens is 1. The molecule has 0 aliphatic rings. The molecule has 0 atom stereocenters. The van der Waals surface area contributed by atoms with Gasteiger partial charge in [-0.25, -0.2) is 8.42 Å². The van der Waals surface area contributed by atoms with E-state index in [0.717, 1.165) is 0 Å². The van der Waals surface area contributed by atoms with E-state index < -0.39 is 26.6 Å². The molecule has 0 fully saturated rings. The van der Waals surface area contributed by atoms with Crippen molar-refractivity contribution in [3.8, 4) is 0 Å². The lowest BCUT2D eigenvalue weighted by molar-refractivity contribution is 0.101. The van der Waals surface area contributed by atoms with Crippen LogP contribution >= 0.6 is 0 Å². The molecule has 1 heterocycles. The average Bonchev–Trinajstić information content (AvgIpc) is 2.64. The summed E-state index contributed by atoms with van der Waals surface area (Å²) >= 11 is 0. The molecule has 0 aliphatic carbocycles. The molecule has 0 bridgehead atoms. The fraction of sp³-hybridized carbons (Fsp3) is 0.100. The number of ketones is 1. The number of carbonyl (C=O) groups excluding carboxylic acids is 1. The monoisotopic (exact) mass is 351 g/mol. The van der Waals surface area contributed by atoms with Crippen molar-refractivity contribution in [2.45, 2.75) is 5.25 Å². The van der Waals surface area contributed by atoms with Crippen LogP contribution in [0.25, 0.3) is 0 Å².